The topological polar surface area (TPSA) is 14.2 Å². The lowest BCUT2D eigenvalue weighted by atomic mass is 10.0. The van der Waals surface area contributed by atoms with E-state index in [1.165, 1.54) is 24.2 Å². The monoisotopic (exact) mass is 193 g/mol. The molecule has 2 heteroatoms. The lowest BCUT2D eigenvalue weighted by Crippen LogP contribution is -2.22. The van der Waals surface area contributed by atoms with Gasteiger partial charge in [0.1, 0.15) is 0 Å². The second-order valence-electron chi connectivity index (χ2n) is 4.31. The van der Waals surface area contributed by atoms with Crippen molar-refractivity contribution >= 4 is 0 Å². The van der Waals surface area contributed by atoms with Gasteiger partial charge in [-0.3, -0.25) is 0 Å². The summed E-state index contributed by atoms with van der Waals surface area (Å²) in [6.07, 6.45) is 2.54. The third-order valence-corrected chi connectivity index (χ3v) is 3.11. The van der Waals surface area contributed by atoms with Crippen molar-refractivity contribution in [3.8, 4) is 0 Å². The van der Waals surface area contributed by atoms with Crippen LogP contribution >= 0.6 is 0 Å². The normalized spacial score (nSPS) is 22.6. The first-order valence-corrected chi connectivity index (χ1v) is 5.48. The molecule has 78 valence electrons. The highest BCUT2D eigenvalue weighted by molar-refractivity contribution is 5.13. The van der Waals surface area contributed by atoms with Crippen molar-refractivity contribution in [3.05, 3.63) is 23.5 Å². The van der Waals surface area contributed by atoms with E-state index in [9.17, 15) is 0 Å². The van der Waals surface area contributed by atoms with Gasteiger partial charge in [0.25, 0.3) is 0 Å². The molecule has 0 aliphatic carbocycles. The van der Waals surface area contributed by atoms with Gasteiger partial charge in [-0.25, -0.2) is 0 Å². The molecular weight excluding hydrogens is 174 g/mol. The van der Waals surface area contributed by atoms with Crippen molar-refractivity contribution in [1.29, 1.82) is 0 Å². The van der Waals surface area contributed by atoms with E-state index in [4.69, 9.17) is 4.74 Å². The van der Waals surface area contributed by atoms with Crippen LogP contribution in [0.1, 0.15) is 24.2 Å². The SMILES string of the molecule is Cc1ccc(C)n1CC1CCCOC1. The molecule has 1 unspecified atom stereocenters. The van der Waals surface area contributed by atoms with Gasteiger partial charge in [0.15, 0.2) is 0 Å². The van der Waals surface area contributed by atoms with E-state index in [1.807, 2.05) is 0 Å². The lowest BCUT2D eigenvalue weighted by molar-refractivity contribution is 0.0480. The Morgan fingerprint density at radius 2 is 2.07 bits per heavy atom. The first-order valence-electron chi connectivity index (χ1n) is 5.48. The van der Waals surface area contributed by atoms with Crippen LogP contribution in [-0.2, 0) is 11.3 Å². The highest BCUT2D eigenvalue weighted by Crippen LogP contribution is 2.18. The second kappa shape index (κ2) is 4.18. The van der Waals surface area contributed by atoms with Crippen LogP contribution in [-0.4, -0.2) is 17.8 Å². The summed E-state index contributed by atoms with van der Waals surface area (Å²) in [5.41, 5.74) is 2.74. The Morgan fingerprint density at radius 1 is 1.36 bits per heavy atom. The van der Waals surface area contributed by atoms with Crippen LogP contribution in [0.4, 0.5) is 0 Å². The predicted octanol–water partition coefficient (Wildman–Crippen LogP) is 2.53. The maximum atomic E-state index is 5.50. The Kier molecular flexibility index (Phi) is 2.92. The third kappa shape index (κ3) is 2.01. The molecule has 0 spiro atoms. The molecule has 1 saturated heterocycles. The van der Waals surface area contributed by atoms with Crippen molar-refractivity contribution < 1.29 is 4.74 Å². The molecule has 0 radical (unpaired) electrons. The Bertz CT molecular complexity index is 278. The molecule has 0 N–H and O–H groups in total. The van der Waals surface area contributed by atoms with E-state index in [2.05, 4.69) is 30.5 Å². The summed E-state index contributed by atoms with van der Waals surface area (Å²) in [5, 5.41) is 0. The standard InChI is InChI=1S/C12H19NO/c1-10-5-6-11(2)13(10)8-12-4-3-7-14-9-12/h5-6,12H,3-4,7-9H2,1-2H3. The molecule has 1 atom stereocenters. The van der Waals surface area contributed by atoms with E-state index in [0.717, 1.165) is 19.8 Å². The van der Waals surface area contributed by atoms with Crippen LogP contribution in [0.5, 0.6) is 0 Å². The summed E-state index contributed by atoms with van der Waals surface area (Å²) in [7, 11) is 0. The maximum Gasteiger partial charge on any atom is 0.0511 e. The van der Waals surface area contributed by atoms with Gasteiger partial charge >= 0.3 is 0 Å². The number of hydrogen-bond donors (Lipinski definition) is 0. The number of rotatable bonds is 2. The number of nitrogens with zero attached hydrogens (tertiary/aromatic N) is 1. The summed E-state index contributed by atoms with van der Waals surface area (Å²) in [6, 6.07) is 4.39. The van der Waals surface area contributed by atoms with Gasteiger partial charge in [0.2, 0.25) is 0 Å². The molecule has 0 saturated carbocycles. The molecule has 2 nitrogen and oxygen atoms in total. The van der Waals surface area contributed by atoms with Crippen LogP contribution in [0.15, 0.2) is 12.1 Å². The smallest absolute Gasteiger partial charge is 0.0511 e. The average molecular weight is 193 g/mol. The zero-order valence-electron chi connectivity index (χ0n) is 9.12. The van der Waals surface area contributed by atoms with Gasteiger partial charge in [-0.15, -0.1) is 0 Å². The van der Waals surface area contributed by atoms with E-state index in [1.54, 1.807) is 0 Å². The Balaban J connectivity index is 2.02. The molecule has 1 aliphatic rings. The maximum absolute atomic E-state index is 5.50. The van der Waals surface area contributed by atoms with Gasteiger partial charge in [-0.2, -0.15) is 0 Å². The highest BCUT2D eigenvalue weighted by atomic mass is 16.5. The molecule has 14 heavy (non-hydrogen) atoms. The fourth-order valence-corrected chi connectivity index (χ4v) is 2.20. The van der Waals surface area contributed by atoms with Crippen molar-refractivity contribution in [2.45, 2.75) is 33.2 Å². The Morgan fingerprint density at radius 3 is 2.64 bits per heavy atom. The van der Waals surface area contributed by atoms with E-state index >= 15 is 0 Å². The van der Waals surface area contributed by atoms with Crippen molar-refractivity contribution in [1.82, 2.24) is 4.57 Å². The molecule has 2 heterocycles. The summed E-state index contributed by atoms with van der Waals surface area (Å²) >= 11 is 0. The zero-order valence-corrected chi connectivity index (χ0v) is 9.12. The quantitative estimate of drug-likeness (QED) is 0.704. The van der Waals surface area contributed by atoms with Crippen LogP contribution in [0.2, 0.25) is 0 Å². The molecule has 0 amide bonds. The largest absolute Gasteiger partial charge is 0.381 e. The van der Waals surface area contributed by atoms with Crippen LogP contribution in [0.25, 0.3) is 0 Å². The van der Waals surface area contributed by atoms with E-state index < -0.39 is 0 Å². The lowest BCUT2D eigenvalue weighted by Gasteiger charge is -2.23. The van der Waals surface area contributed by atoms with Gasteiger partial charge in [-0.05, 0) is 38.8 Å². The van der Waals surface area contributed by atoms with Crippen LogP contribution in [0.3, 0.4) is 0 Å². The molecule has 2 rings (SSSR count). The van der Waals surface area contributed by atoms with Crippen LogP contribution in [0, 0.1) is 19.8 Å². The summed E-state index contributed by atoms with van der Waals surface area (Å²) in [4.78, 5) is 0. The van der Waals surface area contributed by atoms with E-state index in [-0.39, 0.29) is 0 Å². The number of hydrogen-bond acceptors (Lipinski definition) is 1. The predicted molar refractivity (Wildman–Crippen MR) is 57.4 cm³/mol. The van der Waals surface area contributed by atoms with Crippen molar-refractivity contribution in [3.63, 3.8) is 0 Å². The minimum absolute atomic E-state index is 0.716. The minimum Gasteiger partial charge on any atom is -0.381 e. The van der Waals surface area contributed by atoms with Gasteiger partial charge in [-0.1, -0.05) is 0 Å². The Hall–Kier alpha value is -0.760. The molecule has 1 fully saturated rings. The first kappa shape index (κ1) is 9.78. The van der Waals surface area contributed by atoms with Gasteiger partial charge < -0.3 is 9.30 Å². The molecule has 0 bridgehead atoms. The molecule has 1 aromatic heterocycles. The van der Waals surface area contributed by atoms with Crippen molar-refractivity contribution in [2.24, 2.45) is 5.92 Å². The molecule has 1 aliphatic heterocycles. The second-order valence-corrected chi connectivity index (χ2v) is 4.31. The first-order chi connectivity index (χ1) is 6.77. The number of ether oxygens (including phenoxy) is 1. The van der Waals surface area contributed by atoms with Crippen molar-refractivity contribution in [2.75, 3.05) is 13.2 Å². The Labute approximate surface area is 85.9 Å². The summed E-state index contributed by atoms with van der Waals surface area (Å²) in [6.45, 7) is 7.38. The zero-order chi connectivity index (χ0) is 9.97. The number of aryl methyl sites for hydroxylation is 2. The average Bonchev–Trinajstić information content (AvgIpc) is 2.51. The fourth-order valence-electron chi connectivity index (χ4n) is 2.20. The highest BCUT2D eigenvalue weighted by Gasteiger charge is 2.15. The molecular formula is C12H19NO. The van der Waals surface area contributed by atoms with Gasteiger partial charge in [0, 0.05) is 30.5 Å². The summed E-state index contributed by atoms with van der Waals surface area (Å²) < 4.78 is 7.90. The van der Waals surface area contributed by atoms with Crippen LogP contribution < -0.4 is 0 Å². The molecule has 0 aromatic carbocycles. The summed E-state index contributed by atoms with van der Waals surface area (Å²) in [5.74, 6) is 0.716. The minimum atomic E-state index is 0.716. The molecule has 1 aromatic rings. The fraction of sp³-hybridized carbons (Fsp3) is 0.667. The number of aromatic nitrogens is 1. The van der Waals surface area contributed by atoms with E-state index in [0.29, 0.717) is 5.92 Å². The third-order valence-electron chi connectivity index (χ3n) is 3.11. The van der Waals surface area contributed by atoms with Gasteiger partial charge in [0.05, 0.1) is 6.61 Å².